The summed E-state index contributed by atoms with van der Waals surface area (Å²) in [6.45, 7) is 1.99. The SMILES string of the molecule is COC(C)CC(CO)C1CCS(=O)(=O)C1. The first-order valence-corrected chi connectivity index (χ1v) is 7.14. The van der Waals surface area contributed by atoms with E-state index in [2.05, 4.69) is 0 Å². The normalized spacial score (nSPS) is 28.9. The van der Waals surface area contributed by atoms with Crippen molar-refractivity contribution < 1.29 is 18.3 Å². The van der Waals surface area contributed by atoms with E-state index in [1.807, 2.05) is 6.92 Å². The third-order valence-electron chi connectivity index (χ3n) is 3.21. The largest absolute Gasteiger partial charge is 0.396 e. The number of aliphatic hydroxyl groups is 1. The van der Waals surface area contributed by atoms with Crippen molar-refractivity contribution in [1.29, 1.82) is 0 Å². The average Bonchev–Trinajstić information content (AvgIpc) is 2.54. The maximum Gasteiger partial charge on any atom is 0.150 e. The number of ether oxygens (including phenoxy) is 1. The van der Waals surface area contributed by atoms with E-state index in [0.717, 1.165) is 6.42 Å². The molecule has 15 heavy (non-hydrogen) atoms. The highest BCUT2D eigenvalue weighted by Crippen LogP contribution is 2.29. The molecule has 1 fully saturated rings. The summed E-state index contributed by atoms with van der Waals surface area (Å²) in [4.78, 5) is 0. The highest BCUT2D eigenvalue weighted by molar-refractivity contribution is 7.91. The molecule has 1 rings (SSSR count). The molecule has 1 aliphatic rings. The molecule has 0 aromatic carbocycles. The first-order valence-electron chi connectivity index (χ1n) is 5.32. The van der Waals surface area contributed by atoms with Crippen molar-refractivity contribution in [2.75, 3.05) is 25.2 Å². The van der Waals surface area contributed by atoms with Gasteiger partial charge in [0, 0.05) is 13.7 Å². The second-order valence-electron chi connectivity index (χ2n) is 4.39. The molecule has 1 saturated heterocycles. The number of rotatable bonds is 5. The van der Waals surface area contributed by atoms with Crippen molar-refractivity contribution in [1.82, 2.24) is 0 Å². The summed E-state index contributed by atoms with van der Waals surface area (Å²) in [5.74, 6) is 0.666. The Morgan fingerprint density at radius 1 is 1.53 bits per heavy atom. The second kappa shape index (κ2) is 5.27. The van der Waals surface area contributed by atoms with Gasteiger partial charge in [0.25, 0.3) is 0 Å². The fraction of sp³-hybridized carbons (Fsp3) is 1.00. The molecule has 1 aliphatic heterocycles. The van der Waals surface area contributed by atoms with Crippen molar-refractivity contribution in [3.8, 4) is 0 Å². The predicted molar refractivity (Wildman–Crippen MR) is 58.4 cm³/mol. The van der Waals surface area contributed by atoms with Crippen LogP contribution in [0.1, 0.15) is 19.8 Å². The lowest BCUT2D eigenvalue weighted by molar-refractivity contribution is 0.0664. The zero-order chi connectivity index (χ0) is 11.5. The van der Waals surface area contributed by atoms with Gasteiger partial charge in [0.2, 0.25) is 0 Å². The predicted octanol–water partition coefficient (Wildman–Crippen LogP) is 0.455. The molecule has 0 bridgehead atoms. The first-order chi connectivity index (χ1) is 6.98. The van der Waals surface area contributed by atoms with Crippen LogP contribution in [0, 0.1) is 11.8 Å². The number of aliphatic hydroxyl groups excluding tert-OH is 1. The summed E-state index contributed by atoms with van der Waals surface area (Å²) in [6, 6.07) is 0. The van der Waals surface area contributed by atoms with E-state index in [4.69, 9.17) is 4.74 Å². The van der Waals surface area contributed by atoms with Crippen LogP contribution in [0.3, 0.4) is 0 Å². The van der Waals surface area contributed by atoms with Crippen molar-refractivity contribution in [3.05, 3.63) is 0 Å². The third-order valence-corrected chi connectivity index (χ3v) is 5.00. The van der Waals surface area contributed by atoms with Crippen LogP contribution < -0.4 is 0 Å². The summed E-state index contributed by atoms with van der Waals surface area (Å²) in [5, 5.41) is 9.25. The quantitative estimate of drug-likeness (QED) is 0.753. The topological polar surface area (TPSA) is 63.6 Å². The lowest BCUT2D eigenvalue weighted by atomic mass is 9.88. The smallest absolute Gasteiger partial charge is 0.150 e. The molecule has 1 heterocycles. The van der Waals surface area contributed by atoms with Gasteiger partial charge in [-0.3, -0.25) is 0 Å². The van der Waals surface area contributed by atoms with E-state index in [0.29, 0.717) is 6.42 Å². The van der Waals surface area contributed by atoms with E-state index in [-0.39, 0.29) is 36.1 Å². The van der Waals surface area contributed by atoms with Gasteiger partial charge < -0.3 is 9.84 Å². The van der Waals surface area contributed by atoms with Gasteiger partial charge >= 0.3 is 0 Å². The molecule has 0 amide bonds. The first kappa shape index (κ1) is 12.9. The van der Waals surface area contributed by atoms with Gasteiger partial charge in [-0.15, -0.1) is 0 Å². The van der Waals surface area contributed by atoms with Gasteiger partial charge in [0.05, 0.1) is 17.6 Å². The number of methoxy groups -OCH3 is 1. The Kier molecular flexibility index (Phi) is 4.55. The fourth-order valence-corrected chi connectivity index (χ4v) is 4.05. The number of hydrogen-bond acceptors (Lipinski definition) is 4. The van der Waals surface area contributed by atoms with Gasteiger partial charge in [-0.05, 0) is 31.6 Å². The highest BCUT2D eigenvalue weighted by atomic mass is 32.2. The highest BCUT2D eigenvalue weighted by Gasteiger charge is 2.33. The molecule has 3 unspecified atom stereocenters. The van der Waals surface area contributed by atoms with Crippen LogP contribution >= 0.6 is 0 Å². The van der Waals surface area contributed by atoms with Crippen LogP contribution in [0.15, 0.2) is 0 Å². The van der Waals surface area contributed by atoms with Gasteiger partial charge in [-0.2, -0.15) is 0 Å². The second-order valence-corrected chi connectivity index (χ2v) is 6.62. The zero-order valence-electron chi connectivity index (χ0n) is 9.35. The lowest BCUT2D eigenvalue weighted by Gasteiger charge is -2.22. The Morgan fingerprint density at radius 3 is 2.60 bits per heavy atom. The van der Waals surface area contributed by atoms with E-state index in [1.54, 1.807) is 7.11 Å². The molecular weight excluding hydrogens is 216 g/mol. The minimum absolute atomic E-state index is 0.0495. The molecule has 0 radical (unpaired) electrons. The van der Waals surface area contributed by atoms with Crippen LogP contribution in [0.5, 0.6) is 0 Å². The van der Waals surface area contributed by atoms with Gasteiger partial charge in [0.1, 0.15) is 0 Å². The fourth-order valence-electron chi connectivity index (χ4n) is 2.13. The standard InChI is InChI=1S/C10H20O4S/c1-8(14-2)5-10(6-11)9-3-4-15(12,13)7-9/h8-11H,3-7H2,1-2H3. The maximum absolute atomic E-state index is 11.3. The van der Waals surface area contributed by atoms with Crippen LogP contribution in [0.2, 0.25) is 0 Å². The minimum atomic E-state index is -2.85. The van der Waals surface area contributed by atoms with Crippen molar-refractivity contribution >= 4 is 9.84 Å². The number of sulfone groups is 1. The molecule has 0 aromatic heterocycles. The Balaban J connectivity index is 2.53. The Bertz CT molecular complexity index is 286. The molecule has 0 aromatic rings. The van der Waals surface area contributed by atoms with Crippen LogP contribution in [0.4, 0.5) is 0 Å². The molecular formula is C10H20O4S. The van der Waals surface area contributed by atoms with Crippen LogP contribution in [-0.2, 0) is 14.6 Å². The molecule has 3 atom stereocenters. The lowest BCUT2D eigenvalue weighted by Crippen LogP contribution is -2.24. The molecule has 5 heteroatoms. The molecule has 0 aliphatic carbocycles. The van der Waals surface area contributed by atoms with Crippen LogP contribution in [0.25, 0.3) is 0 Å². The summed E-state index contributed by atoms with van der Waals surface area (Å²) in [6.07, 6.45) is 1.49. The van der Waals surface area contributed by atoms with Gasteiger partial charge in [-0.1, -0.05) is 0 Å². The number of hydrogen-bond donors (Lipinski definition) is 1. The molecule has 1 N–H and O–H groups in total. The van der Waals surface area contributed by atoms with Crippen molar-refractivity contribution in [2.45, 2.75) is 25.9 Å². The Labute approximate surface area is 91.6 Å². The minimum Gasteiger partial charge on any atom is -0.396 e. The van der Waals surface area contributed by atoms with E-state index >= 15 is 0 Å². The molecule has 90 valence electrons. The average molecular weight is 236 g/mol. The molecule has 0 saturated carbocycles. The Hall–Kier alpha value is -0.130. The van der Waals surface area contributed by atoms with E-state index < -0.39 is 9.84 Å². The summed E-state index contributed by atoms with van der Waals surface area (Å²) >= 11 is 0. The van der Waals surface area contributed by atoms with Crippen LogP contribution in [-0.4, -0.2) is 44.9 Å². The summed E-state index contributed by atoms with van der Waals surface area (Å²) < 4.78 is 27.7. The van der Waals surface area contributed by atoms with Crippen molar-refractivity contribution in [3.63, 3.8) is 0 Å². The molecule has 0 spiro atoms. The van der Waals surface area contributed by atoms with E-state index in [9.17, 15) is 13.5 Å². The Morgan fingerprint density at radius 2 is 2.20 bits per heavy atom. The summed E-state index contributed by atoms with van der Waals surface area (Å²) in [7, 11) is -1.22. The summed E-state index contributed by atoms with van der Waals surface area (Å²) in [5.41, 5.74) is 0. The van der Waals surface area contributed by atoms with Gasteiger partial charge in [0.15, 0.2) is 9.84 Å². The monoisotopic (exact) mass is 236 g/mol. The molecule has 4 nitrogen and oxygen atoms in total. The zero-order valence-corrected chi connectivity index (χ0v) is 10.2. The van der Waals surface area contributed by atoms with Gasteiger partial charge in [-0.25, -0.2) is 8.42 Å². The maximum atomic E-state index is 11.3. The van der Waals surface area contributed by atoms with Crippen molar-refractivity contribution in [2.24, 2.45) is 11.8 Å². The van der Waals surface area contributed by atoms with E-state index in [1.165, 1.54) is 0 Å². The third kappa shape index (κ3) is 3.74.